The molecule has 2 fully saturated rings. The molecule has 7 nitrogen and oxygen atoms in total. The Balaban J connectivity index is 1.67. The third kappa shape index (κ3) is 3.06. The van der Waals surface area contributed by atoms with Gasteiger partial charge in [0.2, 0.25) is 5.89 Å². The summed E-state index contributed by atoms with van der Waals surface area (Å²) in [5.74, 6) is 1.78. The Morgan fingerprint density at radius 3 is 2.65 bits per heavy atom. The fourth-order valence-corrected chi connectivity index (χ4v) is 3.88. The number of amides is 2. The van der Waals surface area contributed by atoms with Crippen LogP contribution in [-0.2, 0) is 0 Å². The lowest BCUT2D eigenvalue weighted by atomic mass is 9.76. The number of nitrogens with one attached hydrogen (secondary N) is 1. The number of carbonyl (C=O) groups is 1. The molecule has 0 aliphatic carbocycles. The smallest absolute Gasteiger partial charge is 0.317 e. The van der Waals surface area contributed by atoms with E-state index in [2.05, 4.69) is 41.3 Å². The highest BCUT2D eigenvalue weighted by Gasteiger charge is 2.46. The van der Waals surface area contributed by atoms with Crippen molar-refractivity contribution in [3.63, 3.8) is 0 Å². The zero-order valence-electron chi connectivity index (χ0n) is 14.5. The molecular weight excluding hydrogens is 294 g/mol. The van der Waals surface area contributed by atoms with Crippen LogP contribution in [0.25, 0.3) is 0 Å². The van der Waals surface area contributed by atoms with E-state index in [1.165, 1.54) is 0 Å². The van der Waals surface area contributed by atoms with E-state index in [1.54, 1.807) is 7.05 Å². The van der Waals surface area contributed by atoms with Crippen molar-refractivity contribution in [2.24, 2.45) is 5.41 Å². The second kappa shape index (κ2) is 6.11. The predicted molar refractivity (Wildman–Crippen MR) is 86.1 cm³/mol. The minimum Gasteiger partial charge on any atom is -0.341 e. The summed E-state index contributed by atoms with van der Waals surface area (Å²) in [5, 5.41) is 6.92. The van der Waals surface area contributed by atoms with Crippen LogP contribution in [0, 0.1) is 5.41 Å². The van der Waals surface area contributed by atoms with Crippen LogP contribution in [-0.4, -0.2) is 59.7 Å². The van der Waals surface area contributed by atoms with Crippen LogP contribution in [0.1, 0.15) is 56.8 Å². The van der Waals surface area contributed by atoms with Gasteiger partial charge in [-0.1, -0.05) is 19.0 Å². The van der Waals surface area contributed by atoms with Crippen LogP contribution in [0.3, 0.4) is 0 Å². The van der Waals surface area contributed by atoms with E-state index in [9.17, 15) is 4.79 Å². The zero-order valence-corrected chi connectivity index (χ0v) is 14.5. The lowest BCUT2D eigenvalue weighted by Crippen LogP contribution is -2.47. The third-order valence-electron chi connectivity index (χ3n) is 5.32. The van der Waals surface area contributed by atoms with E-state index in [-0.39, 0.29) is 23.4 Å². The second-order valence-corrected chi connectivity index (χ2v) is 7.32. The third-order valence-corrected chi connectivity index (χ3v) is 5.32. The molecule has 0 aromatic carbocycles. The van der Waals surface area contributed by atoms with Crippen molar-refractivity contribution in [3.8, 4) is 0 Å². The summed E-state index contributed by atoms with van der Waals surface area (Å²) in [7, 11) is 3.82. The molecule has 3 heterocycles. The minimum atomic E-state index is 0.0301. The van der Waals surface area contributed by atoms with Gasteiger partial charge in [0.05, 0.1) is 6.04 Å². The highest BCUT2D eigenvalue weighted by molar-refractivity contribution is 5.73. The van der Waals surface area contributed by atoms with Gasteiger partial charge in [-0.3, -0.25) is 4.90 Å². The number of carbonyl (C=O) groups excluding carboxylic acids is 1. The first-order valence-corrected chi connectivity index (χ1v) is 8.44. The quantitative estimate of drug-likeness (QED) is 0.901. The van der Waals surface area contributed by atoms with Gasteiger partial charge in [-0.15, -0.1) is 0 Å². The molecule has 2 aliphatic rings. The Morgan fingerprint density at radius 2 is 2.09 bits per heavy atom. The highest BCUT2D eigenvalue weighted by Crippen LogP contribution is 2.47. The van der Waals surface area contributed by atoms with E-state index >= 15 is 0 Å². The normalized spacial score (nSPS) is 24.6. The molecule has 2 saturated heterocycles. The van der Waals surface area contributed by atoms with Gasteiger partial charge in [-0.2, -0.15) is 4.98 Å². The summed E-state index contributed by atoms with van der Waals surface area (Å²) in [6.45, 7) is 6.80. The highest BCUT2D eigenvalue weighted by atomic mass is 16.5. The van der Waals surface area contributed by atoms with Gasteiger partial charge in [0.15, 0.2) is 5.82 Å². The number of piperidine rings is 1. The maximum absolute atomic E-state index is 11.8. The number of aromatic nitrogens is 2. The number of hydrogen-bond acceptors (Lipinski definition) is 5. The van der Waals surface area contributed by atoms with Gasteiger partial charge in [-0.05, 0) is 31.7 Å². The molecule has 1 atom stereocenters. The number of urea groups is 1. The molecule has 1 unspecified atom stereocenters. The molecule has 128 valence electrons. The van der Waals surface area contributed by atoms with E-state index < -0.39 is 0 Å². The predicted octanol–water partition coefficient (Wildman–Crippen LogP) is 1.99. The van der Waals surface area contributed by atoms with E-state index in [1.807, 2.05) is 4.90 Å². The molecule has 1 N–H and O–H groups in total. The lowest BCUT2D eigenvalue weighted by molar-refractivity contribution is 0.123. The first-order chi connectivity index (χ1) is 10.9. The summed E-state index contributed by atoms with van der Waals surface area (Å²) >= 11 is 0. The fraction of sp³-hybridized carbons (Fsp3) is 0.812. The number of nitrogens with zero attached hydrogens (tertiary/aromatic N) is 4. The molecule has 0 bridgehead atoms. The minimum absolute atomic E-state index is 0.0301. The molecule has 1 spiro atoms. The monoisotopic (exact) mass is 321 g/mol. The van der Waals surface area contributed by atoms with Crippen LogP contribution >= 0.6 is 0 Å². The summed E-state index contributed by atoms with van der Waals surface area (Å²) in [6, 6.07) is 0.250. The van der Waals surface area contributed by atoms with Crippen molar-refractivity contribution >= 4 is 6.03 Å². The molecule has 7 heteroatoms. The molecule has 23 heavy (non-hydrogen) atoms. The number of rotatable bonds is 2. The van der Waals surface area contributed by atoms with Crippen LogP contribution in [0.5, 0.6) is 0 Å². The SMILES string of the molecule is CNC(=O)N1CCC2(CC1)CC(c1noc(C(C)C)n1)N(C)C2. The molecule has 1 aromatic heterocycles. The fourth-order valence-electron chi connectivity index (χ4n) is 3.88. The van der Waals surface area contributed by atoms with Gasteiger partial charge >= 0.3 is 6.03 Å². The summed E-state index contributed by atoms with van der Waals surface area (Å²) in [5.41, 5.74) is 0.266. The van der Waals surface area contributed by atoms with Crippen molar-refractivity contribution < 1.29 is 9.32 Å². The molecule has 0 radical (unpaired) electrons. The van der Waals surface area contributed by atoms with E-state index in [4.69, 9.17) is 4.52 Å². The van der Waals surface area contributed by atoms with Gasteiger partial charge in [0, 0.05) is 32.6 Å². The molecular formula is C16H27N5O2. The van der Waals surface area contributed by atoms with Crippen LogP contribution in [0.15, 0.2) is 4.52 Å². The Hall–Kier alpha value is -1.63. The molecule has 3 rings (SSSR count). The Labute approximate surface area is 137 Å². The average molecular weight is 321 g/mol. The molecule has 1 aromatic rings. The Morgan fingerprint density at radius 1 is 1.39 bits per heavy atom. The first-order valence-electron chi connectivity index (χ1n) is 8.44. The number of hydrogen-bond donors (Lipinski definition) is 1. The number of likely N-dealkylation sites (tertiary alicyclic amines) is 2. The molecule has 2 aliphatic heterocycles. The van der Waals surface area contributed by atoms with Gasteiger partial charge in [0.1, 0.15) is 0 Å². The van der Waals surface area contributed by atoms with E-state index in [0.29, 0.717) is 5.89 Å². The maximum Gasteiger partial charge on any atom is 0.317 e. The van der Waals surface area contributed by atoms with Crippen LogP contribution in [0.2, 0.25) is 0 Å². The van der Waals surface area contributed by atoms with E-state index in [0.717, 1.165) is 44.7 Å². The first kappa shape index (κ1) is 16.2. The van der Waals surface area contributed by atoms with Crippen molar-refractivity contribution in [2.75, 3.05) is 33.7 Å². The summed E-state index contributed by atoms with van der Waals surface area (Å²) < 4.78 is 5.38. The second-order valence-electron chi connectivity index (χ2n) is 7.32. The molecule has 2 amide bonds. The van der Waals surface area contributed by atoms with Crippen molar-refractivity contribution in [3.05, 3.63) is 11.7 Å². The average Bonchev–Trinajstić information content (AvgIpc) is 3.13. The standard InChI is InChI=1S/C16H27N5O2/c1-11(2)14-18-13(19-23-14)12-9-16(10-20(12)4)5-7-21(8-6-16)15(22)17-3/h11-12H,5-10H2,1-4H3,(H,17,22). The van der Waals surface area contributed by atoms with Crippen molar-refractivity contribution in [1.29, 1.82) is 0 Å². The van der Waals surface area contributed by atoms with Crippen LogP contribution in [0.4, 0.5) is 4.79 Å². The summed E-state index contributed by atoms with van der Waals surface area (Å²) in [4.78, 5) is 20.6. The molecule has 0 saturated carbocycles. The largest absolute Gasteiger partial charge is 0.341 e. The lowest BCUT2D eigenvalue weighted by Gasteiger charge is -2.39. The van der Waals surface area contributed by atoms with Gasteiger partial charge in [0.25, 0.3) is 0 Å². The zero-order chi connectivity index (χ0) is 16.6. The van der Waals surface area contributed by atoms with Gasteiger partial charge in [-0.25, -0.2) is 4.79 Å². The Kier molecular flexibility index (Phi) is 4.31. The topological polar surface area (TPSA) is 74.5 Å². The van der Waals surface area contributed by atoms with Crippen molar-refractivity contribution in [2.45, 2.75) is 45.1 Å². The Bertz CT molecular complexity index is 563. The van der Waals surface area contributed by atoms with Crippen molar-refractivity contribution in [1.82, 2.24) is 25.3 Å². The van der Waals surface area contributed by atoms with Crippen LogP contribution < -0.4 is 5.32 Å². The summed E-state index contributed by atoms with van der Waals surface area (Å²) in [6.07, 6.45) is 3.12. The maximum atomic E-state index is 11.8. The van der Waals surface area contributed by atoms with Gasteiger partial charge < -0.3 is 14.7 Å².